The second kappa shape index (κ2) is 10.3. The quantitative estimate of drug-likeness (QED) is 0.323. The van der Waals surface area contributed by atoms with E-state index in [1.165, 1.54) is 5.69 Å². The molecule has 3 aromatic carbocycles. The van der Waals surface area contributed by atoms with Crippen molar-refractivity contribution in [3.63, 3.8) is 0 Å². The lowest BCUT2D eigenvalue weighted by Crippen LogP contribution is -2.21. The van der Waals surface area contributed by atoms with Gasteiger partial charge in [-0.15, -0.1) is 10.2 Å². The summed E-state index contributed by atoms with van der Waals surface area (Å²) in [5.74, 6) is 0.399. The van der Waals surface area contributed by atoms with Crippen LogP contribution in [0.3, 0.4) is 0 Å². The highest BCUT2D eigenvalue weighted by atomic mass is 79.9. The summed E-state index contributed by atoms with van der Waals surface area (Å²) in [6.07, 6.45) is 0. The number of carbonyl (C=O) groups excluding carboxylic acids is 1. The van der Waals surface area contributed by atoms with E-state index in [1.807, 2.05) is 43.3 Å². The van der Waals surface area contributed by atoms with Crippen molar-refractivity contribution in [3.05, 3.63) is 70.2 Å². The number of hydrogen-bond acceptors (Lipinski definition) is 5. The van der Waals surface area contributed by atoms with Crippen LogP contribution in [0.2, 0.25) is 0 Å². The zero-order valence-corrected chi connectivity index (χ0v) is 21.4. The van der Waals surface area contributed by atoms with Crippen LogP contribution in [-0.4, -0.2) is 40.6 Å². The van der Waals surface area contributed by atoms with Gasteiger partial charge in [0, 0.05) is 28.9 Å². The van der Waals surface area contributed by atoms with Crippen LogP contribution in [0.1, 0.15) is 25.0 Å². The van der Waals surface area contributed by atoms with E-state index in [1.54, 1.807) is 4.80 Å². The van der Waals surface area contributed by atoms with Gasteiger partial charge in [0.05, 0.1) is 5.69 Å². The second-order valence-electron chi connectivity index (χ2n) is 8.08. The average Bonchev–Trinajstić information content (AvgIpc) is 3.22. The van der Waals surface area contributed by atoms with Gasteiger partial charge < -0.3 is 15.0 Å². The molecule has 0 unspecified atom stereocenters. The van der Waals surface area contributed by atoms with Gasteiger partial charge in [0.15, 0.2) is 6.61 Å². The molecule has 176 valence electrons. The van der Waals surface area contributed by atoms with Crippen LogP contribution in [0.25, 0.3) is 16.7 Å². The number of nitrogens with zero attached hydrogens (tertiary/aromatic N) is 4. The summed E-state index contributed by atoms with van der Waals surface area (Å²) < 4.78 is 6.53. The van der Waals surface area contributed by atoms with Crippen LogP contribution in [0.5, 0.6) is 5.75 Å². The fourth-order valence-electron chi connectivity index (χ4n) is 3.83. The number of nitrogens with one attached hydrogen (secondary N) is 1. The Morgan fingerprint density at radius 1 is 0.971 bits per heavy atom. The van der Waals surface area contributed by atoms with Gasteiger partial charge in [0.2, 0.25) is 0 Å². The molecule has 1 aromatic heterocycles. The molecule has 1 amide bonds. The summed E-state index contributed by atoms with van der Waals surface area (Å²) in [7, 11) is 0. The normalized spacial score (nSPS) is 11.0. The zero-order valence-electron chi connectivity index (χ0n) is 19.8. The Morgan fingerprint density at radius 2 is 1.65 bits per heavy atom. The van der Waals surface area contributed by atoms with Gasteiger partial charge in [-0.2, -0.15) is 4.80 Å². The van der Waals surface area contributed by atoms with E-state index in [-0.39, 0.29) is 12.5 Å². The van der Waals surface area contributed by atoms with Crippen molar-refractivity contribution in [1.82, 2.24) is 15.0 Å². The number of hydrogen-bond donors (Lipinski definition) is 1. The number of amides is 1. The van der Waals surface area contributed by atoms with Gasteiger partial charge in [-0.1, -0.05) is 15.9 Å². The molecule has 0 saturated heterocycles. The highest BCUT2D eigenvalue weighted by molar-refractivity contribution is 9.10. The predicted octanol–water partition coefficient (Wildman–Crippen LogP) is 5.66. The van der Waals surface area contributed by atoms with Crippen molar-refractivity contribution >= 4 is 44.2 Å². The van der Waals surface area contributed by atoms with E-state index in [9.17, 15) is 4.79 Å². The molecule has 1 heterocycles. The van der Waals surface area contributed by atoms with Crippen molar-refractivity contribution in [2.45, 2.75) is 27.7 Å². The number of carbonyl (C=O) groups is 1. The topological polar surface area (TPSA) is 72.3 Å². The van der Waals surface area contributed by atoms with Gasteiger partial charge in [-0.3, -0.25) is 4.79 Å². The lowest BCUT2D eigenvalue weighted by atomic mass is 10.1. The van der Waals surface area contributed by atoms with E-state index in [4.69, 9.17) is 4.74 Å². The zero-order chi connectivity index (χ0) is 24.2. The maximum atomic E-state index is 12.5. The first-order valence-corrected chi connectivity index (χ1v) is 12.1. The van der Waals surface area contributed by atoms with Gasteiger partial charge in [0.25, 0.3) is 5.91 Å². The van der Waals surface area contributed by atoms with Crippen molar-refractivity contribution in [1.29, 1.82) is 0 Å². The molecule has 0 spiro atoms. The Labute approximate surface area is 207 Å². The van der Waals surface area contributed by atoms with E-state index < -0.39 is 0 Å². The lowest BCUT2D eigenvalue weighted by molar-refractivity contribution is -0.118. The number of anilines is 2. The molecular formula is C26H28BrN5O2. The molecular weight excluding hydrogens is 494 g/mol. The largest absolute Gasteiger partial charge is 0.484 e. The summed E-state index contributed by atoms with van der Waals surface area (Å²) in [6, 6.07) is 17.5. The van der Waals surface area contributed by atoms with E-state index in [2.05, 4.69) is 75.3 Å². The Bertz CT molecular complexity index is 1310. The SMILES string of the molecule is CCN(CC)c1ccc(-n2nc3cc(C)c(NC(=O)COc4ccc(Br)cc4)cc3n2)c(C)c1. The number of aryl methyl sites for hydroxylation is 2. The van der Waals surface area contributed by atoms with Crippen LogP contribution in [-0.2, 0) is 4.79 Å². The summed E-state index contributed by atoms with van der Waals surface area (Å²) in [5.41, 5.74) is 6.30. The summed E-state index contributed by atoms with van der Waals surface area (Å²) in [4.78, 5) is 16.4. The van der Waals surface area contributed by atoms with Gasteiger partial charge in [-0.05, 0) is 93.4 Å². The molecule has 4 rings (SSSR count). The Kier molecular flexibility index (Phi) is 7.17. The number of benzene rings is 3. The standard InChI is InChI=1S/C26H28BrN5O2/c1-5-31(6-2)20-9-12-25(18(4)13-20)32-29-23-14-17(3)22(15-24(23)30-32)28-26(33)16-34-21-10-7-19(27)8-11-21/h7-15H,5-6,16H2,1-4H3,(H,28,33). The molecule has 7 nitrogen and oxygen atoms in total. The number of aromatic nitrogens is 3. The molecule has 0 fully saturated rings. The number of rotatable bonds is 8. The van der Waals surface area contributed by atoms with Crippen molar-refractivity contribution in [2.75, 3.05) is 29.9 Å². The minimum absolute atomic E-state index is 0.0795. The van der Waals surface area contributed by atoms with E-state index in [0.29, 0.717) is 17.0 Å². The van der Waals surface area contributed by atoms with Crippen LogP contribution in [0.15, 0.2) is 59.1 Å². The van der Waals surface area contributed by atoms with Crippen LogP contribution >= 0.6 is 15.9 Å². The third-order valence-corrected chi connectivity index (χ3v) is 6.24. The van der Waals surface area contributed by atoms with Crippen molar-refractivity contribution in [2.24, 2.45) is 0 Å². The molecule has 4 aromatic rings. The molecule has 0 bridgehead atoms. The van der Waals surface area contributed by atoms with Crippen LogP contribution < -0.4 is 15.0 Å². The Morgan fingerprint density at radius 3 is 2.29 bits per heavy atom. The fourth-order valence-corrected chi connectivity index (χ4v) is 4.09. The van der Waals surface area contributed by atoms with Crippen molar-refractivity contribution in [3.8, 4) is 11.4 Å². The van der Waals surface area contributed by atoms with Gasteiger partial charge >= 0.3 is 0 Å². The second-order valence-corrected chi connectivity index (χ2v) is 8.99. The monoisotopic (exact) mass is 521 g/mol. The fraction of sp³-hybridized carbons (Fsp3) is 0.269. The van der Waals surface area contributed by atoms with Gasteiger partial charge in [0.1, 0.15) is 16.8 Å². The number of ether oxygens (including phenoxy) is 1. The lowest BCUT2D eigenvalue weighted by Gasteiger charge is -2.22. The third-order valence-electron chi connectivity index (χ3n) is 5.71. The van der Waals surface area contributed by atoms with Crippen LogP contribution in [0.4, 0.5) is 11.4 Å². The molecule has 0 radical (unpaired) electrons. The first-order valence-electron chi connectivity index (χ1n) is 11.3. The minimum atomic E-state index is -0.236. The van der Waals surface area contributed by atoms with Crippen molar-refractivity contribution < 1.29 is 9.53 Å². The van der Waals surface area contributed by atoms with Gasteiger partial charge in [-0.25, -0.2) is 0 Å². The summed E-state index contributed by atoms with van der Waals surface area (Å²) >= 11 is 3.38. The van der Waals surface area contributed by atoms with E-state index >= 15 is 0 Å². The molecule has 0 atom stereocenters. The highest BCUT2D eigenvalue weighted by Gasteiger charge is 2.13. The maximum Gasteiger partial charge on any atom is 0.262 e. The number of halogens is 1. The highest BCUT2D eigenvalue weighted by Crippen LogP contribution is 2.25. The first-order chi connectivity index (χ1) is 16.4. The predicted molar refractivity (Wildman–Crippen MR) is 140 cm³/mol. The molecule has 0 aliphatic heterocycles. The number of fused-ring (bicyclic) bond motifs is 1. The molecule has 8 heteroatoms. The molecule has 34 heavy (non-hydrogen) atoms. The summed E-state index contributed by atoms with van der Waals surface area (Å²) in [6.45, 7) is 10.2. The van der Waals surface area contributed by atoms with E-state index in [0.717, 1.165) is 39.9 Å². The first kappa shape index (κ1) is 23.8. The third kappa shape index (κ3) is 5.22. The molecule has 0 aliphatic rings. The maximum absolute atomic E-state index is 12.5. The smallest absolute Gasteiger partial charge is 0.262 e. The molecule has 0 aliphatic carbocycles. The summed E-state index contributed by atoms with van der Waals surface area (Å²) in [5, 5.41) is 12.3. The van der Waals surface area contributed by atoms with Crippen LogP contribution in [0, 0.1) is 13.8 Å². The molecule has 0 saturated carbocycles. The molecule has 1 N–H and O–H groups in total. The minimum Gasteiger partial charge on any atom is -0.484 e. The average molecular weight is 522 g/mol. The Hall–Kier alpha value is -3.39. The Balaban J connectivity index is 1.52.